The summed E-state index contributed by atoms with van der Waals surface area (Å²) in [5.41, 5.74) is 8.28. The molecule has 134 valence electrons. The first-order chi connectivity index (χ1) is 12.1. The number of rotatable bonds is 7. The van der Waals surface area contributed by atoms with E-state index in [2.05, 4.69) is 11.9 Å². The maximum Gasteiger partial charge on any atom is 0.410 e. The average molecular weight is 343 g/mol. The molecule has 1 aromatic rings. The highest BCUT2D eigenvalue weighted by molar-refractivity contribution is 5.68. The van der Waals surface area contributed by atoms with Gasteiger partial charge in [0.1, 0.15) is 12.4 Å². The van der Waals surface area contributed by atoms with Crippen molar-refractivity contribution >= 4 is 6.09 Å². The molecular weight excluding hydrogens is 318 g/mol. The third kappa shape index (κ3) is 5.91. The van der Waals surface area contributed by atoms with Gasteiger partial charge in [0, 0.05) is 31.4 Å². The van der Waals surface area contributed by atoms with E-state index in [-0.39, 0.29) is 12.7 Å². The van der Waals surface area contributed by atoms with Gasteiger partial charge in [-0.1, -0.05) is 36.9 Å². The van der Waals surface area contributed by atoms with Gasteiger partial charge in [0.15, 0.2) is 0 Å². The Labute approximate surface area is 148 Å². The van der Waals surface area contributed by atoms with E-state index in [0.717, 1.165) is 11.3 Å². The average Bonchev–Trinajstić information content (AvgIpc) is 2.65. The summed E-state index contributed by atoms with van der Waals surface area (Å²) in [6, 6.07) is 9.63. The van der Waals surface area contributed by atoms with Crippen molar-refractivity contribution in [3.63, 3.8) is 0 Å². The standard InChI is InChI=1S/C19H25N3O3/c1-3-24-15(2)18(20)13-21-17-9-11-22(12-10-17)19(23)25-14-16-7-5-4-6-8-16/h4-9,13,21H,2-3,10-12,14,20H2,1H3/b18-13-. The molecule has 1 amide bonds. The lowest BCUT2D eigenvalue weighted by molar-refractivity contribution is 0.0988. The number of nitrogens with two attached hydrogens (primary N) is 1. The lowest BCUT2D eigenvalue weighted by atomic mass is 10.2. The molecule has 0 aromatic heterocycles. The maximum atomic E-state index is 12.1. The van der Waals surface area contributed by atoms with Crippen molar-refractivity contribution in [2.45, 2.75) is 20.0 Å². The molecule has 6 heteroatoms. The predicted octanol–water partition coefficient (Wildman–Crippen LogP) is 2.85. The fraction of sp³-hybridized carbons (Fsp3) is 0.316. The van der Waals surface area contributed by atoms with Crippen molar-refractivity contribution in [3.05, 3.63) is 71.9 Å². The van der Waals surface area contributed by atoms with Gasteiger partial charge >= 0.3 is 6.09 Å². The van der Waals surface area contributed by atoms with Crippen molar-refractivity contribution in [2.24, 2.45) is 5.73 Å². The number of amides is 1. The highest BCUT2D eigenvalue weighted by Gasteiger charge is 2.18. The number of ether oxygens (including phenoxy) is 2. The first kappa shape index (κ1) is 18.4. The molecule has 0 spiro atoms. The second kappa shape index (κ2) is 9.42. The van der Waals surface area contributed by atoms with Gasteiger partial charge in [-0.25, -0.2) is 4.79 Å². The summed E-state index contributed by atoms with van der Waals surface area (Å²) in [6.45, 7) is 7.51. The van der Waals surface area contributed by atoms with E-state index < -0.39 is 0 Å². The molecule has 1 aliphatic rings. The van der Waals surface area contributed by atoms with Crippen LogP contribution in [-0.4, -0.2) is 30.7 Å². The number of hydrogen-bond acceptors (Lipinski definition) is 5. The molecule has 1 aliphatic heterocycles. The van der Waals surface area contributed by atoms with Crippen LogP contribution < -0.4 is 11.1 Å². The van der Waals surface area contributed by atoms with Crippen LogP contribution in [0.25, 0.3) is 0 Å². The van der Waals surface area contributed by atoms with E-state index in [4.69, 9.17) is 15.2 Å². The molecule has 1 heterocycles. The van der Waals surface area contributed by atoms with Crippen LogP contribution in [0.15, 0.2) is 66.3 Å². The summed E-state index contributed by atoms with van der Waals surface area (Å²) in [7, 11) is 0. The van der Waals surface area contributed by atoms with Crippen molar-refractivity contribution < 1.29 is 14.3 Å². The molecule has 0 unspecified atom stereocenters. The largest absolute Gasteiger partial charge is 0.492 e. The molecule has 0 saturated heterocycles. The van der Waals surface area contributed by atoms with Gasteiger partial charge in [-0.05, 0) is 18.6 Å². The summed E-state index contributed by atoms with van der Waals surface area (Å²) < 4.78 is 10.6. The van der Waals surface area contributed by atoms with Gasteiger partial charge in [0.25, 0.3) is 0 Å². The Morgan fingerprint density at radius 3 is 2.76 bits per heavy atom. The fourth-order valence-electron chi connectivity index (χ4n) is 2.29. The van der Waals surface area contributed by atoms with Crippen LogP contribution in [-0.2, 0) is 16.1 Å². The summed E-state index contributed by atoms with van der Waals surface area (Å²) in [5.74, 6) is 0.442. The van der Waals surface area contributed by atoms with E-state index >= 15 is 0 Å². The molecule has 0 bridgehead atoms. The van der Waals surface area contributed by atoms with Crippen LogP contribution in [0.1, 0.15) is 18.9 Å². The molecular formula is C19H25N3O3. The SMILES string of the molecule is C=C(OCC)/C(N)=C/NC1=CCN(C(=O)OCc2ccccc2)CC1. The van der Waals surface area contributed by atoms with E-state index in [1.54, 1.807) is 11.1 Å². The molecule has 0 aliphatic carbocycles. The molecule has 0 saturated carbocycles. The smallest absolute Gasteiger partial charge is 0.410 e. The third-order valence-corrected chi connectivity index (χ3v) is 3.73. The minimum absolute atomic E-state index is 0.282. The van der Waals surface area contributed by atoms with Crippen molar-refractivity contribution in [2.75, 3.05) is 19.7 Å². The van der Waals surface area contributed by atoms with Crippen LogP contribution in [0, 0.1) is 0 Å². The molecule has 25 heavy (non-hydrogen) atoms. The Bertz CT molecular complexity index is 653. The highest BCUT2D eigenvalue weighted by Crippen LogP contribution is 2.11. The molecule has 0 atom stereocenters. The van der Waals surface area contributed by atoms with Gasteiger partial charge < -0.3 is 25.4 Å². The monoisotopic (exact) mass is 343 g/mol. The number of carbonyl (C=O) groups is 1. The Balaban J connectivity index is 1.78. The van der Waals surface area contributed by atoms with Crippen LogP contribution in [0.5, 0.6) is 0 Å². The normalized spacial score (nSPS) is 14.5. The van der Waals surface area contributed by atoms with E-state index in [1.807, 2.05) is 43.3 Å². The zero-order chi connectivity index (χ0) is 18.1. The van der Waals surface area contributed by atoms with Gasteiger partial charge in [-0.3, -0.25) is 0 Å². The highest BCUT2D eigenvalue weighted by atomic mass is 16.6. The van der Waals surface area contributed by atoms with Gasteiger partial charge in [-0.15, -0.1) is 0 Å². The Hall–Kier alpha value is -2.89. The van der Waals surface area contributed by atoms with Crippen LogP contribution in [0.4, 0.5) is 4.79 Å². The van der Waals surface area contributed by atoms with Crippen LogP contribution in [0.2, 0.25) is 0 Å². The van der Waals surface area contributed by atoms with Crippen LogP contribution in [0.3, 0.4) is 0 Å². The lowest BCUT2D eigenvalue weighted by Crippen LogP contribution is -2.36. The number of hydrogen-bond donors (Lipinski definition) is 2. The van der Waals surface area contributed by atoms with E-state index in [1.165, 1.54) is 0 Å². The summed E-state index contributed by atoms with van der Waals surface area (Å²) in [6.07, 6.45) is 4.00. The Morgan fingerprint density at radius 1 is 1.36 bits per heavy atom. The quantitative estimate of drug-likeness (QED) is 0.588. The molecule has 6 nitrogen and oxygen atoms in total. The summed E-state index contributed by atoms with van der Waals surface area (Å²) >= 11 is 0. The molecule has 0 radical (unpaired) electrons. The number of benzene rings is 1. The first-order valence-corrected chi connectivity index (χ1v) is 8.29. The van der Waals surface area contributed by atoms with Gasteiger partial charge in [0.05, 0.1) is 12.3 Å². The zero-order valence-electron chi connectivity index (χ0n) is 14.5. The van der Waals surface area contributed by atoms with Crippen LogP contribution >= 0.6 is 0 Å². The van der Waals surface area contributed by atoms with Gasteiger partial charge in [0.2, 0.25) is 0 Å². The maximum absolute atomic E-state index is 12.1. The third-order valence-electron chi connectivity index (χ3n) is 3.73. The number of nitrogens with one attached hydrogen (secondary N) is 1. The second-order valence-electron chi connectivity index (χ2n) is 5.57. The molecule has 3 N–H and O–H groups in total. The molecule has 2 rings (SSSR count). The number of carbonyl (C=O) groups excluding carboxylic acids is 1. The van der Waals surface area contributed by atoms with E-state index in [9.17, 15) is 4.79 Å². The zero-order valence-corrected chi connectivity index (χ0v) is 14.5. The van der Waals surface area contributed by atoms with E-state index in [0.29, 0.717) is 37.6 Å². The summed E-state index contributed by atoms with van der Waals surface area (Å²) in [4.78, 5) is 13.8. The minimum atomic E-state index is -0.307. The summed E-state index contributed by atoms with van der Waals surface area (Å²) in [5, 5.41) is 3.13. The van der Waals surface area contributed by atoms with Crippen molar-refractivity contribution in [3.8, 4) is 0 Å². The van der Waals surface area contributed by atoms with Crippen molar-refractivity contribution in [1.29, 1.82) is 0 Å². The molecule has 1 aromatic carbocycles. The second-order valence-corrected chi connectivity index (χ2v) is 5.57. The minimum Gasteiger partial charge on any atom is -0.492 e. The lowest BCUT2D eigenvalue weighted by Gasteiger charge is -2.25. The van der Waals surface area contributed by atoms with Crippen molar-refractivity contribution in [1.82, 2.24) is 10.2 Å². The first-order valence-electron chi connectivity index (χ1n) is 8.29. The van der Waals surface area contributed by atoms with Gasteiger partial charge in [-0.2, -0.15) is 0 Å². The molecule has 0 fully saturated rings. The Kier molecular flexibility index (Phi) is 6.95. The Morgan fingerprint density at radius 2 is 2.12 bits per heavy atom. The predicted molar refractivity (Wildman–Crippen MR) is 97.1 cm³/mol. The fourth-order valence-corrected chi connectivity index (χ4v) is 2.29. The number of nitrogens with zero attached hydrogens (tertiary/aromatic N) is 1. The topological polar surface area (TPSA) is 76.8 Å².